The first-order valence-electron chi connectivity index (χ1n) is 7.44. The first-order valence-corrected chi connectivity index (χ1v) is 8.92. The predicted octanol–water partition coefficient (Wildman–Crippen LogP) is 1.93. The van der Waals surface area contributed by atoms with Gasteiger partial charge in [0.1, 0.15) is 4.90 Å². The van der Waals surface area contributed by atoms with Gasteiger partial charge in [0, 0.05) is 31.3 Å². The molecule has 0 saturated heterocycles. The third kappa shape index (κ3) is 2.51. The minimum Gasteiger partial charge on any atom is -0.270 e. The van der Waals surface area contributed by atoms with Crippen LogP contribution in [-0.2, 0) is 23.6 Å². The van der Waals surface area contributed by atoms with E-state index >= 15 is 0 Å². The Labute approximate surface area is 130 Å². The van der Waals surface area contributed by atoms with Gasteiger partial charge in [-0.3, -0.25) is 14.1 Å². The number of nitrogens with zero attached hydrogens (tertiary/aromatic N) is 4. The van der Waals surface area contributed by atoms with Crippen molar-refractivity contribution in [2.75, 3.05) is 4.72 Å². The van der Waals surface area contributed by atoms with Crippen LogP contribution in [0.25, 0.3) is 0 Å². The van der Waals surface area contributed by atoms with Crippen LogP contribution in [0.2, 0.25) is 0 Å². The molecule has 7 nitrogen and oxygen atoms in total. The van der Waals surface area contributed by atoms with Crippen molar-refractivity contribution in [3.8, 4) is 0 Å². The molecule has 2 aromatic heterocycles. The highest BCUT2D eigenvalue weighted by molar-refractivity contribution is 7.92. The Morgan fingerprint density at radius 1 is 1.32 bits per heavy atom. The summed E-state index contributed by atoms with van der Waals surface area (Å²) in [7, 11) is -1.84. The summed E-state index contributed by atoms with van der Waals surface area (Å²) >= 11 is 0. The van der Waals surface area contributed by atoms with Crippen LogP contribution in [-0.4, -0.2) is 28.0 Å². The zero-order valence-electron chi connectivity index (χ0n) is 13.3. The highest BCUT2D eigenvalue weighted by Gasteiger charge is 2.29. The number of rotatable bonds is 5. The summed E-state index contributed by atoms with van der Waals surface area (Å²) in [5, 5.41) is 8.54. The van der Waals surface area contributed by atoms with E-state index in [0.29, 0.717) is 29.7 Å². The smallest absolute Gasteiger partial charge is 0.266 e. The van der Waals surface area contributed by atoms with Gasteiger partial charge in [0.15, 0.2) is 5.82 Å². The minimum absolute atomic E-state index is 0.243. The molecule has 1 aliphatic rings. The fourth-order valence-corrected chi connectivity index (χ4v) is 4.26. The van der Waals surface area contributed by atoms with Gasteiger partial charge >= 0.3 is 0 Å². The predicted molar refractivity (Wildman–Crippen MR) is 83.4 cm³/mol. The van der Waals surface area contributed by atoms with E-state index < -0.39 is 10.0 Å². The molecule has 1 saturated carbocycles. The SMILES string of the molecule is CCn1nc(C)c(S(=O)(=O)Nc2cc(C3CC3)n(C)n2)c1C. The molecular formula is C14H21N5O2S. The number of nitrogens with one attached hydrogen (secondary N) is 1. The van der Waals surface area contributed by atoms with Crippen LogP contribution in [0.5, 0.6) is 0 Å². The molecule has 120 valence electrons. The average Bonchev–Trinajstić information content (AvgIpc) is 3.13. The van der Waals surface area contributed by atoms with Gasteiger partial charge in [-0.05, 0) is 33.6 Å². The van der Waals surface area contributed by atoms with E-state index in [1.165, 1.54) is 0 Å². The highest BCUT2D eigenvalue weighted by Crippen LogP contribution is 2.40. The zero-order chi connectivity index (χ0) is 16.1. The van der Waals surface area contributed by atoms with Crippen molar-refractivity contribution in [1.29, 1.82) is 0 Å². The lowest BCUT2D eigenvalue weighted by Gasteiger charge is -2.06. The molecule has 0 aromatic carbocycles. The third-order valence-electron chi connectivity index (χ3n) is 4.03. The van der Waals surface area contributed by atoms with Crippen molar-refractivity contribution in [2.24, 2.45) is 7.05 Å². The second kappa shape index (κ2) is 5.12. The van der Waals surface area contributed by atoms with Crippen LogP contribution in [0.4, 0.5) is 5.82 Å². The molecule has 3 rings (SSSR count). The second-order valence-corrected chi connectivity index (χ2v) is 7.39. The molecule has 0 spiro atoms. The van der Waals surface area contributed by atoms with Gasteiger partial charge in [-0.1, -0.05) is 0 Å². The van der Waals surface area contributed by atoms with E-state index in [9.17, 15) is 8.42 Å². The van der Waals surface area contributed by atoms with E-state index in [4.69, 9.17) is 0 Å². The zero-order valence-corrected chi connectivity index (χ0v) is 14.1. The molecule has 0 atom stereocenters. The summed E-state index contributed by atoms with van der Waals surface area (Å²) in [5.74, 6) is 0.884. The van der Waals surface area contributed by atoms with Crippen molar-refractivity contribution < 1.29 is 8.42 Å². The van der Waals surface area contributed by atoms with E-state index in [0.717, 1.165) is 18.5 Å². The lowest BCUT2D eigenvalue weighted by Crippen LogP contribution is -2.15. The Kier molecular flexibility index (Phi) is 3.51. The number of hydrogen-bond acceptors (Lipinski definition) is 4. The molecule has 1 fully saturated rings. The van der Waals surface area contributed by atoms with Gasteiger partial charge in [0.2, 0.25) is 0 Å². The number of anilines is 1. The van der Waals surface area contributed by atoms with E-state index in [-0.39, 0.29) is 4.90 Å². The summed E-state index contributed by atoms with van der Waals surface area (Å²) in [6.07, 6.45) is 2.29. The molecule has 0 amide bonds. The van der Waals surface area contributed by atoms with Crippen molar-refractivity contribution in [3.05, 3.63) is 23.1 Å². The molecule has 2 aromatic rings. The molecule has 8 heteroatoms. The van der Waals surface area contributed by atoms with Gasteiger partial charge in [-0.2, -0.15) is 10.2 Å². The number of sulfonamides is 1. The van der Waals surface area contributed by atoms with Crippen molar-refractivity contribution in [2.45, 2.75) is 51.0 Å². The minimum atomic E-state index is -3.68. The van der Waals surface area contributed by atoms with Crippen molar-refractivity contribution >= 4 is 15.8 Å². The molecule has 22 heavy (non-hydrogen) atoms. The highest BCUT2D eigenvalue weighted by atomic mass is 32.2. The lowest BCUT2D eigenvalue weighted by molar-refractivity contribution is 0.598. The Morgan fingerprint density at radius 2 is 2.00 bits per heavy atom. The van der Waals surface area contributed by atoms with Gasteiger partial charge in [-0.15, -0.1) is 0 Å². The molecule has 1 aliphatic carbocycles. The Balaban J connectivity index is 1.94. The Morgan fingerprint density at radius 3 is 2.55 bits per heavy atom. The van der Waals surface area contributed by atoms with Crippen molar-refractivity contribution in [3.63, 3.8) is 0 Å². The van der Waals surface area contributed by atoms with E-state index in [1.54, 1.807) is 23.2 Å². The summed E-state index contributed by atoms with van der Waals surface area (Å²) in [6, 6.07) is 1.82. The third-order valence-corrected chi connectivity index (χ3v) is 5.64. The fraction of sp³-hybridized carbons (Fsp3) is 0.571. The largest absolute Gasteiger partial charge is 0.270 e. The van der Waals surface area contributed by atoms with Crippen LogP contribution < -0.4 is 4.72 Å². The molecule has 0 radical (unpaired) electrons. The molecule has 0 unspecified atom stereocenters. The van der Waals surface area contributed by atoms with Crippen LogP contribution in [0.1, 0.15) is 42.8 Å². The topological polar surface area (TPSA) is 81.8 Å². The summed E-state index contributed by atoms with van der Waals surface area (Å²) < 4.78 is 31.4. The average molecular weight is 323 g/mol. The first kappa shape index (κ1) is 15.1. The summed E-state index contributed by atoms with van der Waals surface area (Å²) in [6.45, 7) is 6.05. The quantitative estimate of drug-likeness (QED) is 0.911. The van der Waals surface area contributed by atoms with Crippen molar-refractivity contribution in [1.82, 2.24) is 19.6 Å². The lowest BCUT2D eigenvalue weighted by atomic mass is 10.3. The van der Waals surface area contributed by atoms with Crippen LogP contribution in [0, 0.1) is 13.8 Å². The first-order chi connectivity index (χ1) is 10.3. The van der Waals surface area contributed by atoms with Gasteiger partial charge < -0.3 is 0 Å². The van der Waals surface area contributed by atoms with E-state index in [2.05, 4.69) is 14.9 Å². The number of hydrogen-bond donors (Lipinski definition) is 1. The summed E-state index contributed by atoms with van der Waals surface area (Å²) in [5.41, 5.74) is 2.23. The second-order valence-electron chi connectivity index (χ2n) is 5.77. The molecule has 2 heterocycles. The summed E-state index contributed by atoms with van der Waals surface area (Å²) in [4.78, 5) is 0.243. The van der Waals surface area contributed by atoms with E-state index in [1.807, 2.05) is 20.0 Å². The number of aryl methyl sites for hydroxylation is 3. The van der Waals surface area contributed by atoms with Gasteiger partial charge in [-0.25, -0.2) is 8.42 Å². The number of aromatic nitrogens is 4. The monoisotopic (exact) mass is 323 g/mol. The molecule has 1 N–H and O–H groups in total. The maximum atomic E-state index is 12.7. The van der Waals surface area contributed by atoms with Gasteiger partial charge in [0.05, 0.1) is 11.4 Å². The maximum Gasteiger partial charge on any atom is 0.266 e. The van der Waals surface area contributed by atoms with Crippen LogP contribution in [0.15, 0.2) is 11.0 Å². The molecule has 0 bridgehead atoms. The normalized spacial score (nSPS) is 15.3. The van der Waals surface area contributed by atoms with Crippen LogP contribution >= 0.6 is 0 Å². The fourth-order valence-electron chi connectivity index (χ4n) is 2.86. The Bertz CT molecular complexity index is 815. The van der Waals surface area contributed by atoms with Gasteiger partial charge in [0.25, 0.3) is 10.0 Å². The molecular weight excluding hydrogens is 302 g/mol. The molecule has 0 aliphatic heterocycles. The Hall–Kier alpha value is -1.83. The standard InChI is InChI=1S/C14H21N5O2S/c1-5-19-10(3)14(9(2)15-19)22(20,21)17-13-8-12(11-6-7-11)18(4)16-13/h8,11H,5-7H2,1-4H3,(H,16,17). The maximum absolute atomic E-state index is 12.7. The van der Waals surface area contributed by atoms with Crippen LogP contribution in [0.3, 0.4) is 0 Å².